The van der Waals surface area contributed by atoms with Gasteiger partial charge in [-0.2, -0.15) is 0 Å². The van der Waals surface area contributed by atoms with Crippen molar-refractivity contribution in [1.29, 1.82) is 0 Å². The first-order chi connectivity index (χ1) is 17.8. The van der Waals surface area contributed by atoms with Gasteiger partial charge in [-0.25, -0.2) is 9.48 Å². The highest BCUT2D eigenvalue weighted by molar-refractivity contribution is 6.14. The molecule has 3 aromatic carbocycles. The molecule has 2 N–H and O–H groups in total. The van der Waals surface area contributed by atoms with Crippen molar-refractivity contribution in [3.8, 4) is 16.9 Å². The van der Waals surface area contributed by atoms with E-state index in [0.29, 0.717) is 16.9 Å². The lowest BCUT2D eigenvalue weighted by atomic mass is 10.1. The Morgan fingerprint density at radius 1 is 0.919 bits per heavy atom. The van der Waals surface area contributed by atoms with Crippen molar-refractivity contribution < 1.29 is 14.5 Å². The number of benzene rings is 3. The van der Waals surface area contributed by atoms with E-state index >= 15 is 0 Å². The van der Waals surface area contributed by atoms with E-state index in [1.807, 2.05) is 37.3 Å². The Kier molecular flexibility index (Phi) is 5.98. The molecule has 0 atom stereocenters. The van der Waals surface area contributed by atoms with Crippen molar-refractivity contribution in [2.75, 3.05) is 0 Å². The number of hydrogen-bond donors (Lipinski definition) is 2. The summed E-state index contributed by atoms with van der Waals surface area (Å²) < 4.78 is 1.24. The second-order valence-corrected chi connectivity index (χ2v) is 8.49. The number of carbonyl (C=O) groups excluding carboxylic acids is 2. The van der Waals surface area contributed by atoms with Crippen LogP contribution in [0.25, 0.3) is 23.0 Å². The molecule has 0 saturated carbocycles. The van der Waals surface area contributed by atoms with E-state index in [4.69, 9.17) is 0 Å². The molecule has 0 bridgehead atoms. The number of aromatic amines is 1. The van der Waals surface area contributed by atoms with Crippen molar-refractivity contribution in [3.63, 3.8) is 0 Å². The summed E-state index contributed by atoms with van der Waals surface area (Å²) >= 11 is 0. The molecule has 1 aliphatic heterocycles. The zero-order chi connectivity index (χ0) is 26.1. The highest BCUT2D eigenvalue weighted by Crippen LogP contribution is 2.25. The van der Waals surface area contributed by atoms with Gasteiger partial charge in [-0.3, -0.25) is 29.7 Å². The van der Waals surface area contributed by atoms with Crippen molar-refractivity contribution in [2.24, 2.45) is 0 Å². The van der Waals surface area contributed by atoms with Crippen LogP contribution >= 0.6 is 0 Å². The number of urea groups is 1. The molecule has 10 heteroatoms. The summed E-state index contributed by atoms with van der Waals surface area (Å²) in [6.07, 6.45) is 1.36. The topological polar surface area (TPSA) is 130 Å². The minimum Gasteiger partial charge on any atom is -0.303 e. The summed E-state index contributed by atoms with van der Waals surface area (Å²) in [4.78, 5) is 50.9. The molecular weight excluding hydrogens is 474 g/mol. The normalized spacial score (nSPS) is 14.3. The van der Waals surface area contributed by atoms with Gasteiger partial charge in [-0.1, -0.05) is 54.6 Å². The Labute approximate surface area is 210 Å². The van der Waals surface area contributed by atoms with E-state index in [9.17, 15) is 24.5 Å². The van der Waals surface area contributed by atoms with Gasteiger partial charge in [0, 0.05) is 17.7 Å². The second-order valence-electron chi connectivity index (χ2n) is 8.49. The van der Waals surface area contributed by atoms with Crippen LogP contribution in [0.2, 0.25) is 0 Å². The standard InChI is InChI=1S/C27H21N5O5/c1-17-7-5-6-10-19(17)16-30-26(34)23(28-27(30)35)15-22-24(18-8-3-2-4-9-18)29-31(25(22)33)20-11-13-21(14-12-20)32(36)37/h2-15,29H,16H2,1H3,(H,28,35). The number of rotatable bonds is 6. The number of nitrogens with one attached hydrogen (secondary N) is 2. The average Bonchev–Trinajstić information content (AvgIpc) is 3.36. The summed E-state index contributed by atoms with van der Waals surface area (Å²) in [5.41, 5.74) is 2.80. The first kappa shape index (κ1) is 23.5. The summed E-state index contributed by atoms with van der Waals surface area (Å²) in [6.45, 7) is 2.00. The first-order valence-corrected chi connectivity index (χ1v) is 11.4. The third-order valence-electron chi connectivity index (χ3n) is 6.15. The zero-order valence-corrected chi connectivity index (χ0v) is 19.7. The number of nitro benzene ring substituents is 1. The number of imide groups is 1. The maximum atomic E-state index is 13.5. The van der Waals surface area contributed by atoms with Crippen LogP contribution in [-0.2, 0) is 11.3 Å². The molecule has 0 spiro atoms. The van der Waals surface area contributed by atoms with Gasteiger partial charge in [-0.05, 0) is 36.3 Å². The fraction of sp³-hybridized carbons (Fsp3) is 0.0741. The Morgan fingerprint density at radius 3 is 2.27 bits per heavy atom. The van der Waals surface area contributed by atoms with E-state index in [1.165, 1.54) is 35.0 Å². The minimum atomic E-state index is -0.577. The van der Waals surface area contributed by atoms with Crippen molar-refractivity contribution in [1.82, 2.24) is 20.0 Å². The van der Waals surface area contributed by atoms with E-state index in [0.717, 1.165) is 16.0 Å². The van der Waals surface area contributed by atoms with E-state index in [2.05, 4.69) is 10.4 Å². The number of non-ortho nitro benzene ring substituents is 1. The molecule has 2 heterocycles. The van der Waals surface area contributed by atoms with Gasteiger partial charge in [0.2, 0.25) is 0 Å². The molecule has 1 aliphatic rings. The Morgan fingerprint density at radius 2 is 1.59 bits per heavy atom. The van der Waals surface area contributed by atoms with Gasteiger partial charge in [0.1, 0.15) is 5.70 Å². The molecular formula is C27H21N5O5. The highest BCUT2D eigenvalue weighted by atomic mass is 16.6. The Hall–Kier alpha value is -5.25. The Balaban J connectivity index is 1.57. The van der Waals surface area contributed by atoms with Crippen LogP contribution in [0.5, 0.6) is 0 Å². The molecule has 5 rings (SSSR count). The fourth-order valence-electron chi connectivity index (χ4n) is 4.13. The van der Waals surface area contributed by atoms with Crippen molar-refractivity contribution >= 4 is 23.7 Å². The number of carbonyl (C=O) groups is 2. The molecule has 184 valence electrons. The maximum absolute atomic E-state index is 13.5. The van der Waals surface area contributed by atoms with Gasteiger partial charge in [0.25, 0.3) is 17.2 Å². The number of H-pyrrole nitrogens is 1. The van der Waals surface area contributed by atoms with E-state index in [-0.39, 0.29) is 23.5 Å². The van der Waals surface area contributed by atoms with Crippen molar-refractivity contribution in [3.05, 3.63) is 122 Å². The number of amides is 3. The van der Waals surface area contributed by atoms with Gasteiger partial charge >= 0.3 is 6.03 Å². The summed E-state index contributed by atoms with van der Waals surface area (Å²) in [5.74, 6) is -0.547. The van der Waals surface area contributed by atoms with Crippen LogP contribution in [0, 0.1) is 17.0 Å². The molecule has 3 amide bonds. The lowest BCUT2D eigenvalue weighted by Gasteiger charge is -2.13. The van der Waals surface area contributed by atoms with Crippen LogP contribution in [0.15, 0.2) is 89.4 Å². The summed E-state index contributed by atoms with van der Waals surface area (Å²) in [5, 5.41) is 16.6. The van der Waals surface area contributed by atoms with Gasteiger partial charge in [0.15, 0.2) is 0 Å². The zero-order valence-electron chi connectivity index (χ0n) is 19.7. The lowest BCUT2D eigenvalue weighted by molar-refractivity contribution is -0.384. The van der Waals surface area contributed by atoms with E-state index < -0.39 is 22.4 Å². The van der Waals surface area contributed by atoms with Crippen LogP contribution in [0.3, 0.4) is 0 Å². The quantitative estimate of drug-likeness (QED) is 0.180. The molecule has 37 heavy (non-hydrogen) atoms. The second kappa shape index (κ2) is 9.42. The molecule has 1 aromatic heterocycles. The molecule has 4 aromatic rings. The maximum Gasteiger partial charge on any atom is 0.329 e. The SMILES string of the molecule is Cc1ccccc1CN1C(=O)NC(=Cc2c(-c3ccccc3)[nH]n(-c3ccc([N+](=O)[O-])cc3)c2=O)C1=O. The average molecular weight is 495 g/mol. The largest absolute Gasteiger partial charge is 0.329 e. The number of nitrogens with zero attached hydrogens (tertiary/aromatic N) is 3. The van der Waals surface area contributed by atoms with Crippen LogP contribution in [-0.4, -0.2) is 31.5 Å². The molecule has 0 unspecified atom stereocenters. The van der Waals surface area contributed by atoms with Crippen LogP contribution in [0.1, 0.15) is 16.7 Å². The van der Waals surface area contributed by atoms with Crippen molar-refractivity contribution in [2.45, 2.75) is 13.5 Å². The third-order valence-corrected chi connectivity index (χ3v) is 6.15. The predicted octanol–water partition coefficient (Wildman–Crippen LogP) is 4.14. The number of hydrogen-bond acceptors (Lipinski definition) is 5. The predicted molar refractivity (Wildman–Crippen MR) is 137 cm³/mol. The third kappa shape index (κ3) is 4.43. The van der Waals surface area contributed by atoms with Crippen LogP contribution in [0.4, 0.5) is 10.5 Å². The molecule has 1 fully saturated rings. The van der Waals surface area contributed by atoms with Gasteiger partial charge < -0.3 is 5.32 Å². The van der Waals surface area contributed by atoms with Gasteiger partial charge in [-0.15, -0.1) is 0 Å². The summed E-state index contributed by atoms with van der Waals surface area (Å²) in [7, 11) is 0. The summed E-state index contributed by atoms with van der Waals surface area (Å²) in [6, 6.07) is 21.4. The highest BCUT2D eigenvalue weighted by Gasteiger charge is 2.34. The monoisotopic (exact) mass is 495 g/mol. The molecule has 0 aliphatic carbocycles. The Bertz CT molecular complexity index is 1620. The molecule has 1 saturated heterocycles. The smallest absolute Gasteiger partial charge is 0.303 e. The van der Waals surface area contributed by atoms with Gasteiger partial charge in [0.05, 0.1) is 28.4 Å². The molecule has 0 radical (unpaired) electrons. The lowest BCUT2D eigenvalue weighted by Crippen LogP contribution is -2.30. The fourth-order valence-corrected chi connectivity index (χ4v) is 4.13. The number of aromatic nitrogens is 2. The number of nitro groups is 1. The van der Waals surface area contributed by atoms with E-state index in [1.54, 1.807) is 24.3 Å². The minimum absolute atomic E-state index is 0.0253. The first-order valence-electron chi connectivity index (χ1n) is 11.4. The molecule has 10 nitrogen and oxygen atoms in total. The van der Waals surface area contributed by atoms with Crippen LogP contribution < -0.4 is 10.9 Å². The number of aryl methyl sites for hydroxylation is 1.